The van der Waals surface area contributed by atoms with Gasteiger partial charge in [-0.3, -0.25) is 19.6 Å². The molecule has 2 unspecified atom stereocenters. The van der Waals surface area contributed by atoms with Crippen LogP contribution in [0.25, 0.3) is 0 Å². The van der Waals surface area contributed by atoms with Crippen molar-refractivity contribution in [1.29, 1.82) is 0 Å². The van der Waals surface area contributed by atoms with Crippen LogP contribution in [-0.4, -0.2) is 66.6 Å². The first-order valence-electron chi connectivity index (χ1n) is 12.4. The first-order chi connectivity index (χ1) is 17.7. The van der Waals surface area contributed by atoms with E-state index in [9.17, 15) is 9.18 Å². The van der Waals surface area contributed by atoms with E-state index in [0.717, 1.165) is 16.9 Å². The van der Waals surface area contributed by atoms with Crippen LogP contribution in [0.4, 0.5) is 4.39 Å². The lowest BCUT2D eigenvalue weighted by Gasteiger charge is -2.33. The van der Waals surface area contributed by atoms with Crippen LogP contribution < -0.4 is 10.1 Å². The predicted octanol–water partition coefficient (Wildman–Crippen LogP) is 3.35. The highest BCUT2D eigenvalue weighted by Gasteiger charge is 2.30. The van der Waals surface area contributed by atoms with Crippen molar-refractivity contribution in [3.63, 3.8) is 0 Å². The van der Waals surface area contributed by atoms with Crippen LogP contribution in [0.15, 0.2) is 73.1 Å². The maximum absolute atomic E-state index is 14.6. The molecular formula is C28H31FN4O3. The molecule has 0 saturated carbocycles. The highest BCUT2D eigenvalue weighted by Crippen LogP contribution is 2.32. The number of carbonyl (C=O) groups is 1. The normalized spacial score (nSPS) is 19.5. The zero-order chi connectivity index (χ0) is 24.7. The number of aromatic nitrogens is 1. The first-order valence-corrected chi connectivity index (χ1v) is 12.4. The summed E-state index contributed by atoms with van der Waals surface area (Å²) in [4.78, 5) is 21.9. The van der Waals surface area contributed by atoms with Crippen LogP contribution >= 0.6 is 0 Å². The van der Waals surface area contributed by atoms with Crippen LogP contribution in [0.5, 0.6) is 5.75 Å². The Morgan fingerprint density at radius 2 is 1.89 bits per heavy atom. The minimum atomic E-state index is -0.443. The maximum Gasteiger partial charge on any atom is 0.242 e. The van der Waals surface area contributed by atoms with Gasteiger partial charge in [0.1, 0.15) is 23.7 Å². The smallest absolute Gasteiger partial charge is 0.242 e. The molecule has 8 heteroatoms. The summed E-state index contributed by atoms with van der Waals surface area (Å²) in [5.41, 5.74) is 2.45. The highest BCUT2D eigenvalue weighted by molar-refractivity contribution is 5.83. The Kier molecular flexibility index (Phi) is 7.85. The molecule has 0 bridgehead atoms. The second kappa shape index (κ2) is 11.6. The van der Waals surface area contributed by atoms with E-state index in [-0.39, 0.29) is 11.7 Å². The van der Waals surface area contributed by atoms with Gasteiger partial charge in [-0.25, -0.2) is 4.39 Å². The Labute approximate surface area is 210 Å². The summed E-state index contributed by atoms with van der Waals surface area (Å²) in [6, 6.07) is 18.0. The largest absolute Gasteiger partial charge is 0.484 e. The Hall–Kier alpha value is -3.33. The quantitative estimate of drug-likeness (QED) is 0.548. The minimum Gasteiger partial charge on any atom is -0.484 e. The number of ether oxygens (including phenoxy) is 2. The van der Waals surface area contributed by atoms with E-state index >= 15 is 0 Å². The monoisotopic (exact) mass is 490 g/mol. The molecule has 3 aromatic rings. The number of nitrogens with zero attached hydrogens (tertiary/aromatic N) is 3. The van der Waals surface area contributed by atoms with Crippen molar-refractivity contribution in [1.82, 2.24) is 20.1 Å². The molecule has 1 saturated heterocycles. The number of pyridine rings is 1. The Morgan fingerprint density at radius 1 is 1.08 bits per heavy atom. The molecule has 36 heavy (non-hydrogen) atoms. The van der Waals surface area contributed by atoms with E-state index in [4.69, 9.17) is 9.47 Å². The van der Waals surface area contributed by atoms with Gasteiger partial charge in [-0.2, -0.15) is 0 Å². The molecule has 0 radical (unpaired) electrons. The number of fused-ring (bicyclic) bond motifs is 1. The van der Waals surface area contributed by atoms with Gasteiger partial charge in [0.05, 0.1) is 13.2 Å². The summed E-state index contributed by atoms with van der Waals surface area (Å²) >= 11 is 0. The van der Waals surface area contributed by atoms with Gasteiger partial charge in [0.25, 0.3) is 0 Å². The number of morpholine rings is 1. The van der Waals surface area contributed by atoms with Gasteiger partial charge in [0.15, 0.2) is 0 Å². The summed E-state index contributed by atoms with van der Waals surface area (Å²) in [6.07, 6.45) is 3.02. The molecule has 1 N–H and O–H groups in total. The van der Waals surface area contributed by atoms with Crippen LogP contribution in [0.1, 0.15) is 28.8 Å². The fourth-order valence-electron chi connectivity index (χ4n) is 4.88. The van der Waals surface area contributed by atoms with Crippen LogP contribution in [0, 0.1) is 5.82 Å². The van der Waals surface area contributed by atoms with Gasteiger partial charge in [0.2, 0.25) is 5.91 Å². The number of hydrogen-bond acceptors (Lipinski definition) is 6. The average molecular weight is 491 g/mol. The van der Waals surface area contributed by atoms with Crippen LogP contribution in [-0.2, 0) is 16.1 Å². The molecule has 1 fully saturated rings. The molecule has 0 spiro atoms. The van der Waals surface area contributed by atoms with E-state index in [1.807, 2.05) is 42.5 Å². The van der Waals surface area contributed by atoms with Gasteiger partial charge < -0.3 is 14.8 Å². The maximum atomic E-state index is 14.6. The number of para-hydroxylation sites is 1. The van der Waals surface area contributed by atoms with Crippen molar-refractivity contribution in [2.24, 2.45) is 0 Å². The number of hydrogen-bond donors (Lipinski definition) is 1. The molecule has 2 atom stereocenters. The molecule has 0 aliphatic carbocycles. The summed E-state index contributed by atoms with van der Waals surface area (Å²) in [6.45, 7) is 4.84. The second-order valence-corrected chi connectivity index (χ2v) is 9.10. The molecule has 2 aliphatic rings. The fraction of sp³-hybridized carbons (Fsp3) is 0.357. The number of carbonyl (C=O) groups excluding carboxylic acids is 1. The molecule has 2 aliphatic heterocycles. The number of rotatable bonds is 7. The van der Waals surface area contributed by atoms with E-state index in [2.05, 4.69) is 20.1 Å². The highest BCUT2D eigenvalue weighted by atomic mass is 19.1. The standard InChI is InChI=1S/C28H31FN4O3/c29-24-9-3-2-8-23(24)26-20-32(19-22-6-1-4-10-25(22)36-26)13-12-31-28(34)27(21-7-5-11-30-18-21)33-14-16-35-17-15-33/h1-11,18,26-27H,12-17,19-20H2,(H,31,34). The van der Waals surface area contributed by atoms with Crippen molar-refractivity contribution < 1.29 is 18.7 Å². The lowest BCUT2D eigenvalue weighted by molar-refractivity contribution is -0.128. The van der Waals surface area contributed by atoms with Gasteiger partial charge >= 0.3 is 0 Å². The second-order valence-electron chi connectivity index (χ2n) is 9.10. The van der Waals surface area contributed by atoms with E-state index in [0.29, 0.717) is 58.0 Å². The number of halogens is 1. The van der Waals surface area contributed by atoms with Crippen molar-refractivity contribution in [3.05, 3.63) is 95.6 Å². The van der Waals surface area contributed by atoms with Crippen molar-refractivity contribution >= 4 is 5.91 Å². The lowest BCUT2D eigenvalue weighted by Crippen LogP contribution is -2.47. The zero-order valence-electron chi connectivity index (χ0n) is 20.2. The molecule has 2 aromatic carbocycles. The Bertz CT molecular complexity index is 1160. The first kappa shape index (κ1) is 24.4. The van der Waals surface area contributed by atoms with Gasteiger partial charge in [0, 0.05) is 62.8 Å². The average Bonchev–Trinajstić information content (AvgIpc) is 3.09. The van der Waals surface area contributed by atoms with Crippen molar-refractivity contribution in [3.8, 4) is 5.75 Å². The molecule has 5 rings (SSSR count). The third kappa shape index (κ3) is 5.73. The lowest BCUT2D eigenvalue weighted by atomic mass is 10.1. The Morgan fingerprint density at radius 3 is 2.69 bits per heavy atom. The summed E-state index contributed by atoms with van der Waals surface area (Å²) in [5, 5.41) is 3.13. The predicted molar refractivity (Wildman–Crippen MR) is 134 cm³/mol. The van der Waals surface area contributed by atoms with Crippen molar-refractivity contribution in [2.75, 3.05) is 45.9 Å². The minimum absolute atomic E-state index is 0.0537. The third-order valence-electron chi connectivity index (χ3n) is 6.70. The molecule has 7 nitrogen and oxygen atoms in total. The molecule has 1 amide bonds. The number of nitrogens with one attached hydrogen (secondary N) is 1. The SMILES string of the molecule is O=C(NCCN1Cc2ccccc2OC(c2ccccc2F)C1)C(c1cccnc1)N1CCOCC1. The van der Waals surface area contributed by atoms with Gasteiger partial charge in [-0.15, -0.1) is 0 Å². The number of amides is 1. The Balaban J connectivity index is 1.28. The van der Waals surface area contributed by atoms with Gasteiger partial charge in [-0.1, -0.05) is 42.5 Å². The topological polar surface area (TPSA) is 66.9 Å². The zero-order valence-corrected chi connectivity index (χ0v) is 20.2. The third-order valence-corrected chi connectivity index (χ3v) is 6.70. The van der Waals surface area contributed by atoms with Gasteiger partial charge in [-0.05, 0) is 23.8 Å². The number of benzene rings is 2. The van der Waals surface area contributed by atoms with E-state index < -0.39 is 12.1 Å². The van der Waals surface area contributed by atoms with E-state index in [1.165, 1.54) is 6.07 Å². The molecular weight excluding hydrogens is 459 g/mol. The molecule has 188 valence electrons. The van der Waals surface area contributed by atoms with Crippen LogP contribution in [0.2, 0.25) is 0 Å². The summed E-state index contributed by atoms with van der Waals surface area (Å²) in [5.74, 6) is 0.434. The summed E-state index contributed by atoms with van der Waals surface area (Å²) < 4.78 is 26.4. The summed E-state index contributed by atoms with van der Waals surface area (Å²) in [7, 11) is 0. The van der Waals surface area contributed by atoms with Crippen molar-refractivity contribution in [2.45, 2.75) is 18.7 Å². The van der Waals surface area contributed by atoms with E-state index in [1.54, 1.807) is 24.5 Å². The molecule has 1 aromatic heterocycles. The molecule has 3 heterocycles. The van der Waals surface area contributed by atoms with Crippen LogP contribution in [0.3, 0.4) is 0 Å². The fourth-order valence-corrected chi connectivity index (χ4v) is 4.88.